The molecule has 0 unspecified atom stereocenters. The van der Waals surface area contributed by atoms with Crippen LogP contribution >= 0.6 is 23.5 Å². The van der Waals surface area contributed by atoms with Gasteiger partial charge in [-0.15, -0.1) is 23.5 Å². The minimum atomic E-state index is 0.110. The van der Waals surface area contributed by atoms with E-state index in [0.717, 1.165) is 38.0 Å². The number of carbonyl (C=O) groups is 2. The van der Waals surface area contributed by atoms with E-state index in [1.54, 1.807) is 0 Å². The van der Waals surface area contributed by atoms with Crippen LogP contribution < -0.4 is 0 Å². The number of benzene rings is 1. The first kappa shape index (κ1) is 21.1. The number of rotatable bonds is 4. The fourth-order valence-corrected chi connectivity index (χ4v) is 7.24. The first-order valence-corrected chi connectivity index (χ1v) is 12.9. The maximum atomic E-state index is 12.9. The summed E-state index contributed by atoms with van der Waals surface area (Å²) in [5.74, 6) is 2.77. The van der Waals surface area contributed by atoms with Crippen molar-refractivity contribution in [3.8, 4) is 0 Å². The molecule has 0 bridgehead atoms. The molecule has 0 radical (unpaired) electrons. The highest BCUT2D eigenvalue weighted by molar-refractivity contribution is 8.19. The van der Waals surface area contributed by atoms with Gasteiger partial charge < -0.3 is 9.80 Å². The van der Waals surface area contributed by atoms with Crippen molar-refractivity contribution in [1.82, 2.24) is 14.7 Å². The van der Waals surface area contributed by atoms with Crippen LogP contribution in [0.15, 0.2) is 24.3 Å². The summed E-state index contributed by atoms with van der Waals surface area (Å²) in [7, 11) is 0. The minimum absolute atomic E-state index is 0.110. The molecule has 158 valence electrons. The number of amides is 2. The van der Waals surface area contributed by atoms with Crippen molar-refractivity contribution in [2.45, 2.75) is 36.8 Å². The van der Waals surface area contributed by atoms with Crippen molar-refractivity contribution in [3.05, 3.63) is 35.4 Å². The van der Waals surface area contributed by atoms with E-state index >= 15 is 0 Å². The molecule has 0 N–H and O–H groups in total. The van der Waals surface area contributed by atoms with E-state index in [4.69, 9.17) is 0 Å². The summed E-state index contributed by atoms with van der Waals surface area (Å²) in [5.41, 5.74) is 2.08. The van der Waals surface area contributed by atoms with Gasteiger partial charge in [-0.25, -0.2) is 0 Å². The second-order valence-electron chi connectivity index (χ2n) is 8.20. The maximum absolute atomic E-state index is 12.9. The Bertz CT molecular complexity index is 713. The van der Waals surface area contributed by atoms with E-state index in [-0.39, 0.29) is 11.8 Å². The molecule has 3 heterocycles. The molecule has 3 aliphatic heterocycles. The number of hydrogen-bond acceptors (Lipinski definition) is 5. The smallest absolute Gasteiger partial charge is 0.253 e. The van der Waals surface area contributed by atoms with Crippen LogP contribution in [0, 0.1) is 0 Å². The lowest BCUT2D eigenvalue weighted by atomic mass is 10.0. The summed E-state index contributed by atoms with van der Waals surface area (Å²) in [6.07, 6.45) is 3.46. The maximum Gasteiger partial charge on any atom is 0.253 e. The Morgan fingerprint density at radius 1 is 0.966 bits per heavy atom. The van der Waals surface area contributed by atoms with E-state index in [9.17, 15) is 9.59 Å². The van der Waals surface area contributed by atoms with Crippen molar-refractivity contribution in [2.24, 2.45) is 0 Å². The summed E-state index contributed by atoms with van der Waals surface area (Å²) in [6.45, 7) is 6.46. The zero-order chi connectivity index (χ0) is 20.2. The number of piperazine rings is 1. The molecule has 3 fully saturated rings. The number of likely N-dealkylation sites (tertiary alicyclic amines) is 1. The van der Waals surface area contributed by atoms with Crippen LogP contribution in [0.2, 0.25) is 0 Å². The molecule has 3 aliphatic rings. The molecule has 0 saturated carbocycles. The fourth-order valence-electron chi connectivity index (χ4n) is 4.38. The van der Waals surface area contributed by atoms with Crippen LogP contribution in [-0.4, -0.2) is 83.3 Å². The third kappa shape index (κ3) is 5.12. The molecule has 1 atom stereocenters. The van der Waals surface area contributed by atoms with Gasteiger partial charge in [-0.3, -0.25) is 14.5 Å². The number of nitrogens with zero attached hydrogens (tertiary/aromatic N) is 3. The highest BCUT2D eigenvalue weighted by Gasteiger charge is 2.28. The molecule has 0 aromatic heterocycles. The summed E-state index contributed by atoms with van der Waals surface area (Å²) in [6, 6.07) is 8.54. The quantitative estimate of drug-likeness (QED) is 0.729. The Labute approximate surface area is 182 Å². The van der Waals surface area contributed by atoms with Gasteiger partial charge in [0.2, 0.25) is 5.91 Å². The van der Waals surface area contributed by atoms with E-state index in [2.05, 4.69) is 24.0 Å². The predicted octanol–water partition coefficient (Wildman–Crippen LogP) is 3.32. The average molecular weight is 434 g/mol. The molecule has 7 heteroatoms. The molecule has 29 heavy (non-hydrogen) atoms. The van der Waals surface area contributed by atoms with Gasteiger partial charge in [0.05, 0.1) is 11.1 Å². The lowest BCUT2D eigenvalue weighted by Crippen LogP contribution is -2.53. The molecule has 5 nitrogen and oxygen atoms in total. The predicted molar refractivity (Wildman–Crippen MR) is 121 cm³/mol. The molecule has 3 saturated heterocycles. The van der Waals surface area contributed by atoms with Gasteiger partial charge in [0.25, 0.3) is 5.91 Å². The van der Waals surface area contributed by atoms with Crippen LogP contribution in [0.4, 0.5) is 0 Å². The lowest BCUT2D eigenvalue weighted by Gasteiger charge is -2.38. The highest BCUT2D eigenvalue weighted by Crippen LogP contribution is 2.45. The first-order chi connectivity index (χ1) is 14.1. The average Bonchev–Trinajstić information content (AvgIpc) is 3.29. The number of hydrogen-bond donors (Lipinski definition) is 0. The van der Waals surface area contributed by atoms with Gasteiger partial charge >= 0.3 is 0 Å². The molecule has 0 aliphatic carbocycles. The van der Waals surface area contributed by atoms with Gasteiger partial charge in [0.15, 0.2) is 0 Å². The zero-order valence-corrected chi connectivity index (χ0v) is 18.8. The number of piperidine rings is 1. The van der Waals surface area contributed by atoms with Crippen molar-refractivity contribution in [2.75, 3.05) is 50.8 Å². The molecule has 0 spiro atoms. The first-order valence-electron chi connectivity index (χ1n) is 10.8. The van der Waals surface area contributed by atoms with Crippen LogP contribution in [0.25, 0.3) is 0 Å². The van der Waals surface area contributed by atoms with E-state index in [0.29, 0.717) is 30.3 Å². The van der Waals surface area contributed by atoms with Crippen LogP contribution in [0.1, 0.15) is 46.7 Å². The molecule has 4 rings (SSSR count). The Morgan fingerprint density at radius 3 is 2.31 bits per heavy atom. The summed E-state index contributed by atoms with van der Waals surface area (Å²) in [4.78, 5) is 31.7. The third-order valence-corrected chi connectivity index (χ3v) is 9.30. The Hall–Kier alpha value is -1.18. The molecular weight excluding hydrogens is 402 g/mol. The fraction of sp³-hybridized carbons (Fsp3) is 0.636. The third-order valence-electron chi connectivity index (χ3n) is 6.19. The molecular formula is C22H31N3O2S2. The number of carbonyl (C=O) groups excluding carboxylic acids is 2. The van der Waals surface area contributed by atoms with E-state index < -0.39 is 0 Å². The summed E-state index contributed by atoms with van der Waals surface area (Å²) < 4.78 is 0.517. The van der Waals surface area contributed by atoms with Gasteiger partial charge in [0.1, 0.15) is 0 Å². The van der Waals surface area contributed by atoms with E-state index in [1.807, 2.05) is 45.5 Å². The minimum Gasteiger partial charge on any atom is -0.339 e. The normalized spacial score (nSPS) is 24.1. The lowest BCUT2D eigenvalue weighted by molar-refractivity contribution is -0.136. The van der Waals surface area contributed by atoms with Crippen molar-refractivity contribution < 1.29 is 9.59 Å². The second-order valence-corrected chi connectivity index (χ2v) is 10.9. The van der Waals surface area contributed by atoms with Crippen LogP contribution in [0.3, 0.4) is 0 Å². The molecule has 2 amide bonds. The van der Waals surface area contributed by atoms with Gasteiger partial charge in [-0.1, -0.05) is 12.1 Å². The Balaban J connectivity index is 1.26. The van der Waals surface area contributed by atoms with Gasteiger partial charge in [-0.05, 0) is 43.9 Å². The summed E-state index contributed by atoms with van der Waals surface area (Å²) >= 11 is 3.97. The largest absolute Gasteiger partial charge is 0.339 e. The van der Waals surface area contributed by atoms with Crippen molar-refractivity contribution >= 4 is 35.3 Å². The highest BCUT2D eigenvalue weighted by atomic mass is 32.2. The Kier molecular flexibility index (Phi) is 7.08. The molecule has 1 aromatic carbocycles. The SMILES string of the molecule is C[C@@H]1CCCCN1C(=O)CN1CCN(C(=O)c2ccc(C3SCCS3)cc2)CC1. The van der Waals surface area contributed by atoms with Crippen LogP contribution in [-0.2, 0) is 4.79 Å². The van der Waals surface area contributed by atoms with Gasteiger partial charge in [0, 0.05) is 55.8 Å². The zero-order valence-electron chi connectivity index (χ0n) is 17.2. The van der Waals surface area contributed by atoms with Gasteiger partial charge in [-0.2, -0.15) is 0 Å². The van der Waals surface area contributed by atoms with Crippen LogP contribution in [0.5, 0.6) is 0 Å². The Morgan fingerprint density at radius 2 is 1.66 bits per heavy atom. The monoisotopic (exact) mass is 433 g/mol. The molecule has 1 aromatic rings. The topological polar surface area (TPSA) is 43.9 Å². The van der Waals surface area contributed by atoms with Crippen molar-refractivity contribution in [1.29, 1.82) is 0 Å². The summed E-state index contributed by atoms with van der Waals surface area (Å²) in [5, 5.41) is 0. The van der Waals surface area contributed by atoms with Crippen molar-refractivity contribution in [3.63, 3.8) is 0 Å². The standard InChI is InChI=1S/C22H31N3O2S2/c1-17-4-2-3-9-25(17)20(26)16-23-10-12-24(13-11-23)21(27)18-5-7-19(8-6-18)22-28-14-15-29-22/h5-8,17,22H,2-4,9-16H2,1H3/t17-/m1/s1. The second kappa shape index (κ2) is 9.75. The van der Waals surface area contributed by atoms with E-state index in [1.165, 1.54) is 23.5 Å². The number of thioether (sulfide) groups is 2.